The molecule has 2 amide bonds. The lowest BCUT2D eigenvalue weighted by atomic mass is 9.81. The molecule has 0 aromatic carbocycles. The summed E-state index contributed by atoms with van der Waals surface area (Å²) >= 11 is 5.78. The first kappa shape index (κ1) is 20.4. The van der Waals surface area contributed by atoms with Gasteiger partial charge in [-0.2, -0.15) is 5.10 Å². The Morgan fingerprint density at radius 3 is 2.89 bits per heavy atom. The number of hydrogen-bond donors (Lipinski definition) is 0. The fourth-order valence-electron chi connectivity index (χ4n) is 3.66. The molecule has 0 unspecified atom stereocenters. The average molecular weight is 410 g/mol. The molecule has 0 saturated carbocycles. The number of aromatic nitrogens is 2. The molecule has 2 aliphatic heterocycles. The van der Waals surface area contributed by atoms with E-state index in [4.69, 9.17) is 16.3 Å². The first-order valence-electron chi connectivity index (χ1n) is 9.14. The molecule has 7 nitrogen and oxygen atoms in total. The van der Waals surface area contributed by atoms with Crippen LogP contribution in [0.15, 0.2) is 40.9 Å². The smallest absolute Gasteiger partial charge is 0.324 e. The fourth-order valence-corrected chi connectivity index (χ4v) is 3.76. The number of urea groups is 1. The van der Waals surface area contributed by atoms with Gasteiger partial charge in [-0.3, -0.25) is 4.90 Å². The minimum atomic E-state index is -0.768. The van der Waals surface area contributed by atoms with Crippen LogP contribution in [-0.2, 0) is 4.74 Å². The van der Waals surface area contributed by atoms with E-state index in [-0.39, 0.29) is 16.5 Å². The Kier molecular flexibility index (Phi) is 6.07. The maximum Gasteiger partial charge on any atom is 0.324 e. The third-order valence-corrected chi connectivity index (χ3v) is 5.16. The topological polar surface area (TPSA) is 61.8 Å². The number of carbonyl (C=O) groups excluding carboxylic acids is 1. The maximum absolute atomic E-state index is 13.0. The van der Waals surface area contributed by atoms with Crippen molar-refractivity contribution < 1.29 is 13.9 Å². The normalized spacial score (nSPS) is 19.2. The van der Waals surface area contributed by atoms with Crippen LogP contribution in [0.3, 0.4) is 0 Å². The zero-order valence-electron chi connectivity index (χ0n) is 16.4. The first-order chi connectivity index (χ1) is 13.3. The second-order valence-electron chi connectivity index (χ2n) is 7.56. The van der Waals surface area contributed by atoms with E-state index in [9.17, 15) is 9.18 Å². The summed E-state index contributed by atoms with van der Waals surface area (Å²) in [5, 5.41) is 8.08. The lowest BCUT2D eigenvalue weighted by Gasteiger charge is -2.50. The molecule has 0 radical (unpaired) electrons. The van der Waals surface area contributed by atoms with E-state index in [2.05, 4.69) is 22.0 Å². The molecule has 152 valence electrons. The highest BCUT2D eigenvalue weighted by molar-refractivity contribution is 6.29. The summed E-state index contributed by atoms with van der Waals surface area (Å²) in [5.41, 5.74) is 0.612. The van der Waals surface area contributed by atoms with Gasteiger partial charge in [0.15, 0.2) is 5.82 Å². The van der Waals surface area contributed by atoms with Crippen molar-refractivity contribution in [3.63, 3.8) is 0 Å². The molecule has 9 heteroatoms. The Morgan fingerprint density at radius 2 is 2.25 bits per heavy atom. The van der Waals surface area contributed by atoms with Crippen molar-refractivity contribution in [1.82, 2.24) is 20.0 Å². The van der Waals surface area contributed by atoms with Gasteiger partial charge in [-0.15, -0.1) is 5.10 Å². The van der Waals surface area contributed by atoms with E-state index < -0.39 is 6.67 Å². The van der Waals surface area contributed by atoms with Crippen LogP contribution in [0.5, 0.6) is 0 Å². The molecule has 0 atom stereocenters. The van der Waals surface area contributed by atoms with Crippen LogP contribution in [0.2, 0.25) is 0 Å². The summed E-state index contributed by atoms with van der Waals surface area (Å²) in [6.45, 7) is 6.18. The highest BCUT2D eigenvalue weighted by atomic mass is 35.5. The minimum Gasteiger partial charge on any atom is -0.490 e. The zero-order chi connectivity index (χ0) is 20.3. The van der Waals surface area contributed by atoms with Gasteiger partial charge in [0.25, 0.3) is 0 Å². The molecule has 0 aliphatic carbocycles. The van der Waals surface area contributed by atoms with Gasteiger partial charge in [0.05, 0.1) is 17.3 Å². The van der Waals surface area contributed by atoms with Crippen LogP contribution in [0.4, 0.5) is 15.0 Å². The maximum atomic E-state index is 13.0. The van der Waals surface area contributed by atoms with E-state index >= 15 is 0 Å². The van der Waals surface area contributed by atoms with Crippen molar-refractivity contribution in [1.29, 1.82) is 0 Å². The highest BCUT2D eigenvalue weighted by Crippen LogP contribution is 2.34. The van der Waals surface area contributed by atoms with E-state index in [1.165, 1.54) is 6.08 Å². The van der Waals surface area contributed by atoms with Crippen molar-refractivity contribution in [3.8, 4) is 0 Å². The van der Waals surface area contributed by atoms with Crippen molar-refractivity contribution in [2.75, 3.05) is 51.4 Å². The van der Waals surface area contributed by atoms with Gasteiger partial charge in [0.1, 0.15) is 19.0 Å². The third-order valence-electron chi connectivity index (χ3n) is 4.95. The molecular weight excluding hydrogens is 385 g/mol. The van der Waals surface area contributed by atoms with Gasteiger partial charge < -0.3 is 14.5 Å². The molecule has 0 spiro atoms. The van der Waals surface area contributed by atoms with Crippen LogP contribution in [0.1, 0.15) is 13.8 Å². The standard InChI is InChI=1S/C19H25ClFN5O2/c1-14-16(9-15(20)10-21)28-8-7-26(14)18(27)24(3)11-19(2)12-25(13-19)17-5-4-6-22-23-17/h4-6,9H,7-8,10-13H2,1-3H3/b15-9+. The molecule has 1 aromatic heterocycles. The lowest BCUT2D eigenvalue weighted by molar-refractivity contribution is 0.107. The van der Waals surface area contributed by atoms with Crippen molar-refractivity contribution in [2.24, 2.45) is 5.41 Å². The Morgan fingerprint density at radius 1 is 1.50 bits per heavy atom. The molecular formula is C19H25ClFN5O2. The van der Waals surface area contributed by atoms with Crippen molar-refractivity contribution in [3.05, 3.63) is 40.9 Å². The number of nitrogens with zero attached hydrogens (tertiary/aromatic N) is 5. The summed E-state index contributed by atoms with van der Waals surface area (Å²) in [5.74, 6) is 1.28. The van der Waals surface area contributed by atoms with E-state index in [0.717, 1.165) is 18.9 Å². The predicted molar refractivity (Wildman–Crippen MR) is 106 cm³/mol. The minimum absolute atomic E-state index is 0.0217. The van der Waals surface area contributed by atoms with Gasteiger partial charge in [0.2, 0.25) is 0 Å². The van der Waals surface area contributed by atoms with Gasteiger partial charge in [-0.05, 0) is 25.1 Å². The largest absolute Gasteiger partial charge is 0.490 e. The SMILES string of the molecule is CC1=C(/C=C(/Cl)CF)OCCN1C(=O)N(C)CC1(C)CN(c2cccnn2)C1. The summed E-state index contributed by atoms with van der Waals surface area (Å²) in [4.78, 5) is 18.5. The summed E-state index contributed by atoms with van der Waals surface area (Å²) in [6, 6.07) is 3.69. The van der Waals surface area contributed by atoms with Crippen molar-refractivity contribution in [2.45, 2.75) is 13.8 Å². The zero-order valence-corrected chi connectivity index (χ0v) is 17.1. The van der Waals surface area contributed by atoms with Crippen LogP contribution < -0.4 is 4.90 Å². The number of rotatable bonds is 5. The summed E-state index contributed by atoms with van der Waals surface area (Å²) < 4.78 is 18.2. The Bertz CT molecular complexity index is 780. The summed E-state index contributed by atoms with van der Waals surface area (Å²) in [6.07, 6.45) is 3.08. The number of allylic oxidation sites excluding steroid dienone is 3. The number of anilines is 1. The number of carbonyl (C=O) groups is 1. The molecule has 28 heavy (non-hydrogen) atoms. The Balaban J connectivity index is 1.62. The third kappa shape index (κ3) is 4.38. The van der Waals surface area contributed by atoms with Gasteiger partial charge in [0, 0.05) is 38.3 Å². The molecule has 3 rings (SSSR count). The molecule has 2 aliphatic rings. The number of halogens is 2. The second kappa shape index (κ2) is 8.34. The second-order valence-corrected chi connectivity index (χ2v) is 8.05. The molecule has 1 aromatic rings. The lowest BCUT2D eigenvalue weighted by Crippen LogP contribution is -2.60. The Hall–Kier alpha value is -2.35. The molecule has 0 bridgehead atoms. The summed E-state index contributed by atoms with van der Waals surface area (Å²) in [7, 11) is 1.80. The molecule has 3 heterocycles. The highest BCUT2D eigenvalue weighted by Gasteiger charge is 2.41. The number of amides is 2. The van der Waals surface area contributed by atoms with Crippen LogP contribution in [0.25, 0.3) is 0 Å². The van der Waals surface area contributed by atoms with Crippen LogP contribution in [-0.4, -0.2) is 72.5 Å². The van der Waals surface area contributed by atoms with Gasteiger partial charge >= 0.3 is 6.03 Å². The number of ether oxygens (including phenoxy) is 1. The molecule has 0 N–H and O–H groups in total. The van der Waals surface area contributed by atoms with E-state index in [0.29, 0.717) is 31.2 Å². The first-order valence-corrected chi connectivity index (χ1v) is 9.52. The van der Waals surface area contributed by atoms with Crippen LogP contribution >= 0.6 is 11.6 Å². The quantitative estimate of drug-likeness (QED) is 0.748. The predicted octanol–water partition coefficient (Wildman–Crippen LogP) is 3.01. The average Bonchev–Trinajstić information content (AvgIpc) is 2.67. The van der Waals surface area contributed by atoms with Crippen molar-refractivity contribution >= 4 is 23.4 Å². The van der Waals surface area contributed by atoms with Gasteiger partial charge in [-0.1, -0.05) is 18.5 Å². The molecule has 1 saturated heterocycles. The fraction of sp³-hybridized carbons (Fsp3) is 0.526. The van der Waals surface area contributed by atoms with E-state index in [1.807, 2.05) is 12.1 Å². The molecule has 1 fully saturated rings. The number of alkyl halides is 1. The van der Waals surface area contributed by atoms with Gasteiger partial charge in [-0.25, -0.2) is 9.18 Å². The number of hydrogen-bond acceptors (Lipinski definition) is 5. The Labute approximate surface area is 169 Å². The van der Waals surface area contributed by atoms with Crippen LogP contribution in [0, 0.1) is 5.41 Å². The monoisotopic (exact) mass is 409 g/mol. The van der Waals surface area contributed by atoms with E-state index in [1.54, 1.807) is 30.0 Å².